The summed E-state index contributed by atoms with van der Waals surface area (Å²) in [5.74, 6) is -1.10. The molecule has 250 valence electrons. The number of fused-ring (bicyclic) bond motifs is 1. The third kappa shape index (κ3) is 8.18. The topological polar surface area (TPSA) is 132 Å². The van der Waals surface area contributed by atoms with E-state index in [1.54, 1.807) is 17.0 Å². The molecule has 1 aromatic carbocycles. The van der Waals surface area contributed by atoms with Crippen LogP contribution in [0.4, 0.5) is 4.79 Å². The van der Waals surface area contributed by atoms with Gasteiger partial charge in [0.15, 0.2) is 11.5 Å². The summed E-state index contributed by atoms with van der Waals surface area (Å²) in [6, 6.07) is 2.69. The number of hydrogen-bond donors (Lipinski definition) is 1. The largest absolute Gasteiger partial charge is 0.493 e. The molecule has 13 nitrogen and oxygen atoms in total. The molecule has 1 unspecified atom stereocenters. The molecule has 45 heavy (non-hydrogen) atoms. The average Bonchev–Trinajstić information content (AvgIpc) is 3.63. The van der Waals surface area contributed by atoms with E-state index in [4.69, 9.17) is 14.2 Å². The minimum atomic E-state index is -0.972. The summed E-state index contributed by atoms with van der Waals surface area (Å²) in [5, 5.41) is 10.6. The van der Waals surface area contributed by atoms with Gasteiger partial charge in [0.2, 0.25) is 24.4 Å². The lowest BCUT2D eigenvalue weighted by molar-refractivity contribution is -0.144. The van der Waals surface area contributed by atoms with Gasteiger partial charge in [-0.2, -0.15) is 0 Å². The van der Waals surface area contributed by atoms with E-state index in [0.29, 0.717) is 43.3 Å². The van der Waals surface area contributed by atoms with Crippen LogP contribution in [0.3, 0.4) is 0 Å². The number of ether oxygens (including phenoxy) is 3. The molecule has 0 spiro atoms. The molecule has 1 aromatic rings. The van der Waals surface area contributed by atoms with E-state index in [1.165, 1.54) is 14.2 Å². The minimum absolute atomic E-state index is 0.0225. The molecule has 0 aromatic heterocycles. The quantitative estimate of drug-likeness (QED) is 0.272. The highest BCUT2D eigenvalue weighted by Gasteiger charge is 2.48. The Hall–Kier alpha value is -3.58. The Balaban J connectivity index is 1.60. The number of imide groups is 1. The number of urea groups is 1. The van der Waals surface area contributed by atoms with Crippen molar-refractivity contribution >= 4 is 23.8 Å². The fourth-order valence-corrected chi connectivity index (χ4v) is 6.58. The van der Waals surface area contributed by atoms with E-state index >= 15 is 0 Å². The predicted octanol–water partition coefficient (Wildman–Crippen LogP) is 2.54. The molecular formula is C32H49N5O8. The molecule has 0 bridgehead atoms. The van der Waals surface area contributed by atoms with Crippen molar-refractivity contribution in [1.82, 2.24) is 24.5 Å². The molecule has 4 rings (SSSR count). The Morgan fingerprint density at radius 3 is 2.51 bits per heavy atom. The number of carboxylic acid groups (broad SMARTS) is 1. The Morgan fingerprint density at radius 1 is 1.09 bits per heavy atom. The maximum atomic E-state index is 13.9. The molecule has 3 aliphatic rings. The van der Waals surface area contributed by atoms with E-state index < -0.39 is 23.8 Å². The number of carbonyl (C=O) groups excluding carboxylic acids is 3. The van der Waals surface area contributed by atoms with Gasteiger partial charge in [-0.3, -0.25) is 24.2 Å². The standard InChI is InChI=1S/C32H49N5O8/c1-6-7-13-35(14-9-8-12-33(2)3)28(39)20-37-19-23(22-17-25(43-5)30-26(18-22)44-21-45-30)29(31(40)41)24(37)10-15-36-16-11-27(38)34(4)32(36)42/h17-18,23-24,29H,6-16,19-21H2,1-5H3,(H,40,41)/t23-,24+,29?/m1/s1. The lowest BCUT2D eigenvalue weighted by Crippen LogP contribution is -2.52. The van der Waals surface area contributed by atoms with Gasteiger partial charge in [0, 0.05) is 58.2 Å². The Labute approximate surface area is 265 Å². The molecule has 4 amide bonds. The maximum absolute atomic E-state index is 13.9. The highest BCUT2D eigenvalue weighted by atomic mass is 16.7. The van der Waals surface area contributed by atoms with Gasteiger partial charge in [-0.25, -0.2) is 4.79 Å². The van der Waals surface area contributed by atoms with Crippen molar-refractivity contribution in [3.63, 3.8) is 0 Å². The van der Waals surface area contributed by atoms with E-state index in [2.05, 4.69) is 11.8 Å². The normalized spacial score (nSPS) is 21.6. The Bertz CT molecular complexity index is 1230. The van der Waals surface area contributed by atoms with Crippen LogP contribution in [0.2, 0.25) is 0 Å². The van der Waals surface area contributed by atoms with Crippen LogP contribution in [0.15, 0.2) is 12.1 Å². The fourth-order valence-electron chi connectivity index (χ4n) is 6.58. The van der Waals surface area contributed by atoms with Gasteiger partial charge in [-0.05, 0) is 64.0 Å². The summed E-state index contributed by atoms with van der Waals surface area (Å²) in [7, 11) is 7.06. The Morgan fingerprint density at radius 2 is 1.82 bits per heavy atom. The summed E-state index contributed by atoms with van der Waals surface area (Å²) >= 11 is 0. The average molecular weight is 632 g/mol. The second-order valence-electron chi connectivity index (χ2n) is 12.4. The van der Waals surface area contributed by atoms with E-state index in [1.807, 2.05) is 23.9 Å². The molecular weight excluding hydrogens is 582 g/mol. The summed E-state index contributed by atoms with van der Waals surface area (Å²) in [4.78, 5) is 60.4. The maximum Gasteiger partial charge on any atom is 0.326 e. The van der Waals surface area contributed by atoms with Crippen LogP contribution >= 0.6 is 0 Å². The second-order valence-corrected chi connectivity index (χ2v) is 12.4. The van der Waals surface area contributed by atoms with Crippen LogP contribution in [0.5, 0.6) is 17.2 Å². The molecule has 0 saturated carbocycles. The lowest BCUT2D eigenvalue weighted by Gasteiger charge is -2.34. The number of benzene rings is 1. The van der Waals surface area contributed by atoms with Crippen molar-refractivity contribution < 1.29 is 38.5 Å². The van der Waals surface area contributed by atoms with E-state index in [-0.39, 0.29) is 50.7 Å². The molecule has 2 fully saturated rings. The van der Waals surface area contributed by atoms with Crippen LogP contribution < -0.4 is 14.2 Å². The van der Waals surface area contributed by atoms with Crippen LogP contribution in [0, 0.1) is 5.92 Å². The molecule has 3 heterocycles. The first-order chi connectivity index (χ1) is 21.5. The number of carboxylic acids is 1. The molecule has 3 aliphatic heterocycles. The third-order valence-corrected chi connectivity index (χ3v) is 9.12. The molecule has 0 aliphatic carbocycles. The SMILES string of the molecule is CCCCN(CCCCN(C)C)C(=O)CN1C[C@H](c2cc(OC)c3c(c2)OCO3)C(C(=O)O)[C@@H]1CCN1CCC(=O)N(C)C1=O. The molecule has 1 N–H and O–H groups in total. The first kappa shape index (κ1) is 34.3. The fraction of sp³-hybridized carbons (Fsp3) is 0.688. The van der Waals surface area contributed by atoms with Crippen LogP contribution in [0.25, 0.3) is 0 Å². The summed E-state index contributed by atoms with van der Waals surface area (Å²) in [6.45, 7) is 5.38. The van der Waals surface area contributed by atoms with Gasteiger partial charge in [0.1, 0.15) is 0 Å². The first-order valence-electron chi connectivity index (χ1n) is 16.0. The van der Waals surface area contributed by atoms with Crippen LogP contribution in [-0.4, -0.2) is 140 Å². The second kappa shape index (κ2) is 15.6. The van der Waals surface area contributed by atoms with Crippen molar-refractivity contribution in [2.24, 2.45) is 5.92 Å². The van der Waals surface area contributed by atoms with E-state index in [9.17, 15) is 24.3 Å². The number of methoxy groups -OCH3 is 1. The number of likely N-dealkylation sites (tertiary alicyclic amines) is 1. The minimum Gasteiger partial charge on any atom is -0.493 e. The van der Waals surface area contributed by atoms with Crippen LogP contribution in [-0.2, 0) is 14.4 Å². The van der Waals surface area contributed by atoms with Gasteiger partial charge < -0.3 is 34.0 Å². The monoisotopic (exact) mass is 631 g/mol. The van der Waals surface area contributed by atoms with Crippen molar-refractivity contribution in [3.05, 3.63) is 17.7 Å². The summed E-state index contributed by atoms with van der Waals surface area (Å²) < 4.78 is 16.8. The summed E-state index contributed by atoms with van der Waals surface area (Å²) in [6.07, 6.45) is 4.28. The smallest absolute Gasteiger partial charge is 0.326 e. The van der Waals surface area contributed by atoms with Crippen molar-refractivity contribution in [3.8, 4) is 17.2 Å². The number of rotatable bonds is 16. The van der Waals surface area contributed by atoms with Crippen molar-refractivity contribution in [2.45, 2.75) is 57.4 Å². The zero-order valence-corrected chi connectivity index (χ0v) is 27.3. The number of nitrogens with zero attached hydrogens (tertiary/aromatic N) is 5. The summed E-state index contributed by atoms with van der Waals surface area (Å²) in [5.41, 5.74) is 0.731. The van der Waals surface area contributed by atoms with Gasteiger partial charge in [0.05, 0.1) is 19.6 Å². The highest BCUT2D eigenvalue weighted by Crippen LogP contribution is 2.47. The van der Waals surface area contributed by atoms with Crippen molar-refractivity contribution in [2.75, 3.05) is 80.9 Å². The molecule has 2 saturated heterocycles. The zero-order valence-electron chi connectivity index (χ0n) is 27.3. The highest BCUT2D eigenvalue weighted by molar-refractivity contribution is 5.96. The molecule has 0 radical (unpaired) electrons. The Kier molecular flexibility index (Phi) is 11.9. The number of unbranched alkanes of at least 4 members (excludes halogenated alkanes) is 2. The van der Waals surface area contributed by atoms with Gasteiger partial charge in [-0.1, -0.05) is 13.3 Å². The van der Waals surface area contributed by atoms with Gasteiger partial charge in [0.25, 0.3) is 0 Å². The van der Waals surface area contributed by atoms with E-state index in [0.717, 1.165) is 42.7 Å². The first-order valence-corrected chi connectivity index (χ1v) is 16.0. The molecule has 3 atom stereocenters. The number of hydrogen-bond acceptors (Lipinski definition) is 9. The number of carbonyl (C=O) groups is 4. The number of amides is 4. The zero-order chi connectivity index (χ0) is 32.7. The van der Waals surface area contributed by atoms with Crippen LogP contribution in [0.1, 0.15) is 56.9 Å². The predicted molar refractivity (Wildman–Crippen MR) is 167 cm³/mol. The van der Waals surface area contributed by atoms with Crippen molar-refractivity contribution in [1.29, 1.82) is 0 Å². The van der Waals surface area contributed by atoms with Gasteiger partial charge in [-0.15, -0.1) is 0 Å². The number of aliphatic carboxylic acids is 1. The van der Waals surface area contributed by atoms with Gasteiger partial charge >= 0.3 is 12.0 Å². The lowest BCUT2D eigenvalue weighted by atomic mass is 9.84. The molecule has 13 heteroatoms. The third-order valence-electron chi connectivity index (χ3n) is 9.12.